The van der Waals surface area contributed by atoms with Crippen molar-refractivity contribution in [3.63, 3.8) is 0 Å². The van der Waals surface area contributed by atoms with Gasteiger partial charge in [0.25, 0.3) is 11.8 Å². The van der Waals surface area contributed by atoms with Crippen molar-refractivity contribution in [2.75, 3.05) is 19.0 Å². The maximum atomic E-state index is 12.7. The molecule has 0 aliphatic heterocycles. The highest BCUT2D eigenvalue weighted by atomic mass is 16.2. The second-order valence-electron chi connectivity index (χ2n) is 6.85. The Morgan fingerprint density at radius 3 is 2.32 bits per heavy atom. The number of carbonyl (C=O) groups is 2. The zero-order valence-electron chi connectivity index (χ0n) is 17.3. The zero-order chi connectivity index (χ0) is 22.1. The first-order valence-electron chi connectivity index (χ1n) is 9.62. The highest BCUT2D eigenvalue weighted by Crippen LogP contribution is 2.14. The molecule has 1 heterocycles. The Hall–Kier alpha value is -4.26. The number of rotatable bonds is 7. The monoisotopic (exact) mass is 413 g/mol. The predicted molar refractivity (Wildman–Crippen MR) is 123 cm³/mol. The van der Waals surface area contributed by atoms with Crippen LogP contribution in [0.3, 0.4) is 0 Å². The predicted octanol–water partition coefficient (Wildman–Crippen LogP) is 3.07. The molecule has 0 bridgehead atoms. The third kappa shape index (κ3) is 6.37. The van der Waals surface area contributed by atoms with E-state index in [4.69, 9.17) is 0 Å². The van der Waals surface area contributed by atoms with E-state index < -0.39 is 5.91 Å². The third-order valence-electron chi connectivity index (χ3n) is 4.31. The quantitative estimate of drug-likeness (QED) is 0.354. The standard InChI is InChI=1S/C24H23N5O2/c1-29(2)21-12-10-18(11-13-21)15-22(27-23(30)20-8-4-3-5-9-20)24(31)28-26-17-19-7-6-14-25-16-19/h3-17H,1-2H3,(H,27,30)(H,28,31)/b22-15-,26-17-. The molecule has 0 saturated heterocycles. The average Bonchev–Trinajstić information content (AvgIpc) is 2.80. The van der Waals surface area contributed by atoms with Crippen LogP contribution >= 0.6 is 0 Å². The fraction of sp³-hybridized carbons (Fsp3) is 0.0833. The summed E-state index contributed by atoms with van der Waals surface area (Å²) in [6.45, 7) is 0. The maximum absolute atomic E-state index is 12.7. The molecule has 31 heavy (non-hydrogen) atoms. The Morgan fingerprint density at radius 1 is 0.935 bits per heavy atom. The summed E-state index contributed by atoms with van der Waals surface area (Å²) in [5.74, 6) is -0.927. The molecule has 0 fully saturated rings. The topological polar surface area (TPSA) is 86.7 Å². The van der Waals surface area contributed by atoms with Crippen molar-refractivity contribution in [2.45, 2.75) is 0 Å². The molecule has 7 nitrogen and oxygen atoms in total. The fourth-order valence-corrected chi connectivity index (χ4v) is 2.66. The molecule has 3 rings (SSSR count). The summed E-state index contributed by atoms with van der Waals surface area (Å²) < 4.78 is 0. The normalized spacial score (nSPS) is 11.2. The van der Waals surface area contributed by atoms with Gasteiger partial charge < -0.3 is 10.2 Å². The number of hydrogen-bond donors (Lipinski definition) is 2. The maximum Gasteiger partial charge on any atom is 0.287 e. The molecule has 7 heteroatoms. The van der Waals surface area contributed by atoms with Gasteiger partial charge in [0.15, 0.2) is 0 Å². The van der Waals surface area contributed by atoms with Crippen molar-refractivity contribution in [3.05, 3.63) is 102 Å². The van der Waals surface area contributed by atoms with E-state index in [1.807, 2.05) is 55.4 Å². The van der Waals surface area contributed by atoms with E-state index in [-0.39, 0.29) is 11.6 Å². The van der Waals surface area contributed by atoms with Gasteiger partial charge in [-0.2, -0.15) is 5.10 Å². The van der Waals surface area contributed by atoms with Crippen LogP contribution in [0.2, 0.25) is 0 Å². The lowest BCUT2D eigenvalue weighted by molar-refractivity contribution is -0.117. The van der Waals surface area contributed by atoms with E-state index >= 15 is 0 Å². The van der Waals surface area contributed by atoms with Gasteiger partial charge in [-0.3, -0.25) is 14.6 Å². The number of hydrazone groups is 1. The van der Waals surface area contributed by atoms with Crippen molar-refractivity contribution in [1.29, 1.82) is 0 Å². The average molecular weight is 413 g/mol. The lowest BCUT2D eigenvalue weighted by Gasteiger charge is -2.12. The molecule has 2 aromatic carbocycles. The van der Waals surface area contributed by atoms with E-state index in [0.29, 0.717) is 5.56 Å². The van der Waals surface area contributed by atoms with Crippen LogP contribution in [0.25, 0.3) is 6.08 Å². The highest BCUT2D eigenvalue weighted by molar-refractivity contribution is 6.05. The first-order chi connectivity index (χ1) is 15.0. The number of nitrogens with one attached hydrogen (secondary N) is 2. The lowest BCUT2D eigenvalue weighted by Crippen LogP contribution is -2.32. The van der Waals surface area contributed by atoms with E-state index in [0.717, 1.165) is 16.8 Å². The van der Waals surface area contributed by atoms with Gasteiger partial charge in [0.1, 0.15) is 5.70 Å². The largest absolute Gasteiger partial charge is 0.378 e. The van der Waals surface area contributed by atoms with Crippen LogP contribution in [-0.2, 0) is 4.79 Å². The second kappa shape index (κ2) is 10.5. The van der Waals surface area contributed by atoms with Crippen LogP contribution in [0.4, 0.5) is 5.69 Å². The van der Waals surface area contributed by atoms with Gasteiger partial charge in [-0.25, -0.2) is 5.43 Å². The molecule has 0 aliphatic carbocycles. The van der Waals surface area contributed by atoms with Gasteiger partial charge in [0, 0.05) is 43.3 Å². The summed E-state index contributed by atoms with van der Waals surface area (Å²) >= 11 is 0. The molecular formula is C24H23N5O2. The van der Waals surface area contributed by atoms with Crippen LogP contribution in [0, 0.1) is 0 Å². The second-order valence-corrected chi connectivity index (χ2v) is 6.85. The molecular weight excluding hydrogens is 390 g/mol. The minimum Gasteiger partial charge on any atom is -0.378 e. The molecule has 2 amide bonds. The van der Waals surface area contributed by atoms with E-state index in [1.165, 1.54) is 6.21 Å². The number of amides is 2. The minimum absolute atomic E-state index is 0.0785. The van der Waals surface area contributed by atoms with Crippen molar-refractivity contribution in [3.8, 4) is 0 Å². The summed E-state index contributed by atoms with van der Waals surface area (Å²) in [7, 11) is 3.90. The first-order valence-corrected chi connectivity index (χ1v) is 9.62. The molecule has 0 saturated carbocycles. The van der Waals surface area contributed by atoms with E-state index in [2.05, 4.69) is 20.8 Å². The van der Waals surface area contributed by atoms with Crippen LogP contribution in [0.1, 0.15) is 21.5 Å². The molecule has 3 aromatic rings. The van der Waals surface area contributed by atoms with Crippen molar-refractivity contribution in [1.82, 2.24) is 15.7 Å². The number of pyridine rings is 1. The summed E-state index contributed by atoms with van der Waals surface area (Å²) in [4.78, 5) is 31.3. The van der Waals surface area contributed by atoms with E-state index in [9.17, 15) is 9.59 Å². The summed E-state index contributed by atoms with van der Waals surface area (Å²) in [5, 5.41) is 6.64. The zero-order valence-corrected chi connectivity index (χ0v) is 17.3. The minimum atomic E-state index is -0.541. The highest BCUT2D eigenvalue weighted by Gasteiger charge is 2.14. The van der Waals surface area contributed by atoms with E-state index in [1.54, 1.807) is 48.8 Å². The Balaban J connectivity index is 1.81. The van der Waals surface area contributed by atoms with Crippen LogP contribution in [0.5, 0.6) is 0 Å². The Bertz CT molecular complexity index is 1080. The van der Waals surface area contributed by atoms with Crippen LogP contribution < -0.4 is 15.6 Å². The van der Waals surface area contributed by atoms with Gasteiger partial charge in [-0.05, 0) is 42.0 Å². The van der Waals surface area contributed by atoms with Gasteiger partial charge in [0.05, 0.1) is 6.21 Å². The number of benzene rings is 2. The number of nitrogens with zero attached hydrogens (tertiary/aromatic N) is 3. The molecule has 1 aromatic heterocycles. The Morgan fingerprint density at radius 2 is 1.68 bits per heavy atom. The smallest absolute Gasteiger partial charge is 0.287 e. The number of hydrogen-bond acceptors (Lipinski definition) is 5. The molecule has 2 N–H and O–H groups in total. The Kier molecular flexibility index (Phi) is 7.26. The fourth-order valence-electron chi connectivity index (χ4n) is 2.66. The lowest BCUT2D eigenvalue weighted by atomic mass is 10.1. The summed E-state index contributed by atoms with van der Waals surface area (Å²) in [6, 6.07) is 19.9. The van der Waals surface area contributed by atoms with Gasteiger partial charge in [-0.1, -0.05) is 36.4 Å². The molecule has 0 aliphatic rings. The number of aromatic nitrogens is 1. The summed E-state index contributed by atoms with van der Waals surface area (Å²) in [6.07, 6.45) is 6.36. The Labute approximate surface area is 181 Å². The first kappa shape index (κ1) is 21.4. The number of anilines is 1. The van der Waals surface area contributed by atoms with Crippen molar-refractivity contribution < 1.29 is 9.59 Å². The van der Waals surface area contributed by atoms with Gasteiger partial charge in [0.2, 0.25) is 0 Å². The molecule has 156 valence electrons. The van der Waals surface area contributed by atoms with Gasteiger partial charge in [-0.15, -0.1) is 0 Å². The van der Waals surface area contributed by atoms with Crippen LogP contribution in [-0.4, -0.2) is 37.1 Å². The van der Waals surface area contributed by atoms with Crippen LogP contribution in [0.15, 0.2) is 89.9 Å². The van der Waals surface area contributed by atoms with Crippen molar-refractivity contribution >= 4 is 29.8 Å². The third-order valence-corrected chi connectivity index (χ3v) is 4.31. The molecule has 0 atom stereocenters. The number of carbonyl (C=O) groups excluding carboxylic acids is 2. The molecule has 0 unspecified atom stereocenters. The molecule has 0 radical (unpaired) electrons. The summed E-state index contributed by atoms with van der Waals surface area (Å²) in [5.41, 5.74) is 5.50. The SMILES string of the molecule is CN(C)c1ccc(/C=C(\NC(=O)c2ccccc2)C(=O)N/N=C\c2cccnc2)cc1. The van der Waals surface area contributed by atoms with Crippen molar-refractivity contribution in [2.24, 2.45) is 5.10 Å². The molecule has 0 spiro atoms. The van der Waals surface area contributed by atoms with Gasteiger partial charge >= 0.3 is 0 Å².